The van der Waals surface area contributed by atoms with Gasteiger partial charge in [0.25, 0.3) is 0 Å². The van der Waals surface area contributed by atoms with Gasteiger partial charge in [-0.2, -0.15) is 0 Å². The molecule has 84 valence electrons. The number of fused-ring (bicyclic) bond motifs is 3. The van der Waals surface area contributed by atoms with Gasteiger partial charge in [0.2, 0.25) is 0 Å². The van der Waals surface area contributed by atoms with Gasteiger partial charge in [0, 0.05) is 17.1 Å². The highest BCUT2D eigenvalue weighted by Gasteiger charge is 2.20. The lowest BCUT2D eigenvalue weighted by Crippen LogP contribution is -2.09. The second kappa shape index (κ2) is 3.79. The summed E-state index contributed by atoms with van der Waals surface area (Å²) in [6.45, 7) is 0. The summed E-state index contributed by atoms with van der Waals surface area (Å²) in [5.74, 6) is 0. The first-order chi connectivity index (χ1) is 7.77. The van der Waals surface area contributed by atoms with E-state index in [0.717, 1.165) is 23.4 Å². The molecule has 1 aliphatic rings. The maximum Gasteiger partial charge on any atom is 0.0648 e. The molecule has 1 aromatic heterocycles. The largest absolute Gasteiger partial charge is 0.357 e. The number of para-hydroxylation sites is 1. The number of rotatable bonds is 0. The summed E-state index contributed by atoms with van der Waals surface area (Å²) >= 11 is 6.19. The Bertz CT molecular complexity index is 530. The van der Waals surface area contributed by atoms with Crippen molar-refractivity contribution in [2.45, 2.75) is 31.7 Å². The number of hydrogen-bond donors (Lipinski definition) is 2. The van der Waals surface area contributed by atoms with Crippen LogP contribution in [-0.2, 0) is 6.42 Å². The van der Waals surface area contributed by atoms with Crippen LogP contribution in [0.5, 0.6) is 0 Å². The minimum atomic E-state index is 0.157. The maximum atomic E-state index is 6.24. The Kier molecular flexibility index (Phi) is 2.41. The van der Waals surface area contributed by atoms with Crippen LogP contribution in [0.1, 0.15) is 36.6 Å². The van der Waals surface area contributed by atoms with E-state index in [1.54, 1.807) is 0 Å². The second-order valence-corrected chi connectivity index (χ2v) is 4.94. The van der Waals surface area contributed by atoms with Crippen molar-refractivity contribution >= 4 is 22.5 Å². The zero-order valence-corrected chi connectivity index (χ0v) is 9.85. The summed E-state index contributed by atoms with van der Waals surface area (Å²) in [6.07, 6.45) is 4.59. The fourth-order valence-corrected chi connectivity index (χ4v) is 2.91. The molecule has 1 heterocycles. The van der Waals surface area contributed by atoms with Crippen molar-refractivity contribution < 1.29 is 0 Å². The van der Waals surface area contributed by atoms with E-state index in [2.05, 4.69) is 11.1 Å². The molecular formula is C13H15ClN2. The van der Waals surface area contributed by atoms with Crippen molar-refractivity contribution in [1.82, 2.24) is 4.98 Å². The SMILES string of the molecule is NC1CCCCc2[nH]c3c(Cl)cccc3c21. The standard InChI is InChI=1S/C13H15ClN2/c14-9-5-3-4-8-12-10(15)6-1-2-7-11(12)16-13(8)9/h3-5,10,16H,1-2,6-7,15H2. The highest BCUT2D eigenvalue weighted by Crippen LogP contribution is 2.35. The van der Waals surface area contributed by atoms with Crippen molar-refractivity contribution in [3.05, 3.63) is 34.5 Å². The third-order valence-electron chi connectivity index (χ3n) is 3.47. The minimum absolute atomic E-state index is 0.157. The Morgan fingerprint density at radius 2 is 2.19 bits per heavy atom. The summed E-state index contributed by atoms with van der Waals surface area (Å²) in [7, 11) is 0. The number of H-pyrrole nitrogens is 1. The van der Waals surface area contributed by atoms with Gasteiger partial charge in [-0.25, -0.2) is 0 Å². The molecule has 0 fully saturated rings. The molecule has 2 nitrogen and oxygen atoms in total. The molecule has 2 aromatic rings. The number of benzene rings is 1. The molecule has 1 atom stereocenters. The van der Waals surface area contributed by atoms with Crippen LogP contribution < -0.4 is 5.73 Å². The number of aryl methyl sites for hydroxylation is 1. The number of aromatic nitrogens is 1. The van der Waals surface area contributed by atoms with Crippen LogP contribution in [0.4, 0.5) is 0 Å². The predicted octanol–water partition coefficient (Wildman–Crippen LogP) is 3.55. The molecule has 1 aliphatic carbocycles. The minimum Gasteiger partial charge on any atom is -0.357 e. The van der Waals surface area contributed by atoms with Gasteiger partial charge >= 0.3 is 0 Å². The van der Waals surface area contributed by atoms with Gasteiger partial charge in [0.15, 0.2) is 0 Å². The smallest absolute Gasteiger partial charge is 0.0648 e. The zero-order chi connectivity index (χ0) is 11.1. The Morgan fingerprint density at radius 3 is 3.06 bits per heavy atom. The molecule has 1 aromatic carbocycles. The molecule has 0 spiro atoms. The van der Waals surface area contributed by atoms with E-state index >= 15 is 0 Å². The van der Waals surface area contributed by atoms with Crippen LogP contribution in [0.15, 0.2) is 18.2 Å². The van der Waals surface area contributed by atoms with Gasteiger partial charge in [-0.1, -0.05) is 30.2 Å². The first kappa shape index (κ1) is 10.2. The molecule has 0 radical (unpaired) electrons. The van der Waals surface area contributed by atoms with E-state index < -0.39 is 0 Å². The van der Waals surface area contributed by atoms with E-state index in [1.807, 2.05) is 12.1 Å². The molecular weight excluding hydrogens is 220 g/mol. The predicted molar refractivity (Wildman–Crippen MR) is 67.8 cm³/mol. The molecule has 0 bridgehead atoms. The quantitative estimate of drug-likeness (QED) is 0.673. The molecule has 16 heavy (non-hydrogen) atoms. The average molecular weight is 235 g/mol. The molecule has 0 saturated carbocycles. The van der Waals surface area contributed by atoms with Crippen molar-refractivity contribution in [1.29, 1.82) is 0 Å². The summed E-state index contributed by atoms with van der Waals surface area (Å²) < 4.78 is 0. The summed E-state index contributed by atoms with van der Waals surface area (Å²) in [5.41, 5.74) is 9.86. The lowest BCUT2D eigenvalue weighted by molar-refractivity contribution is 0.617. The first-order valence-corrected chi connectivity index (χ1v) is 6.19. The van der Waals surface area contributed by atoms with Crippen molar-refractivity contribution in [3.8, 4) is 0 Å². The number of hydrogen-bond acceptors (Lipinski definition) is 1. The van der Waals surface area contributed by atoms with Crippen LogP contribution in [-0.4, -0.2) is 4.98 Å². The molecule has 0 aliphatic heterocycles. The van der Waals surface area contributed by atoms with Crippen LogP contribution in [0.2, 0.25) is 5.02 Å². The van der Waals surface area contributed by atoms with Crippen LogP contribution >= 0.6 is 11.6 Å². The van der Waals surface area contributed by atoms with Gasteiger partial charge < -0.3 is 10.7 Å². The van der Waals surface area contributed by atoms with Gasteiger partial charge in [-0.3, -0.25) is 0 Å². The molecule has 1 unspecified atom stereocenters. The Labute approximate surface area is 99.8 Å². The number of nitrogens with one attached hydrogen (secondary N) is 1. The Hall–Kier alpha value is -0.990. The topological polar surface area (TPSA) is 41.8 Å². The Balaban J connectivity index is 2.30. The summed E-state index contributed by atoms with van der Waals surface area (Å²) in [4.78, 5) is 3.44. The normalized spacial score (nSPS) is 20.8. The fraction of sp³-hybridized carbons (Fsp3) is 0.385. The summed E-state index contributed by atoms with van der Waals surface area (Å²) in [5, 5.41) is 2.00. The number of nitrogens with two attached hydrogens (primary N) is 1. The van der Waals surface area contributed by atoms with Gasteiger partial charge in [-0.05, 0) is 30.9 Å². The Morgan fingerprint density at radius 1 is 1.31 bits per heavy atom. The highest BCUT2D eigenvalue weighted by atomic mass is 35.5. The number of halogens is 1. The molecule has 3 rings (SSSR count). The zero-order valence-electron chi connectivity index (χ0n) is 9.09. The fourth-order valence-electron chi connectivity index (χ4n) is 2.69. The first-order valence-electron chi connectivity index (χ1n) is 5.82. The third-order valence-corrected chi connectivity index (χ3v) is 3.78. The van der Waals surface area contributed by atoms with E-state index in [9.17, 15) is 0 Å². The number of aromatic amines is 1. The van der Waals surface area contributed by atoms with Crippen LogP contribution in [0.3, 0.4) is 0 Å². The average Bonchev–Trinajstić information content (AvgIpc) is 2.55. The monoisotopic (exact) mass is 234 g/mol. The lowest BCUT2D eigenvalue weighted by atomic mass is 10.0. The van der Waals surface area contributed by atoms with Crippen LogP contribution in [0.25, 0.3) is 10.9 Å². The van der Waals surface area contributed by atoms with Crippen molar-refractivity contribution in [3.63, 3.8) is 0 Å². The third kappa shape index (κ3) is 1.45. The van der Waals surface area contributed by atoms with Crippen molar-refractivity contribution in [2.24, 2.45) is 5.73 Å². The molecule has 0 saturated heterocycles. The van der Waals surface area contributed by atoms with Gasteiger partial charge in [0.05, 0.1) is 10.5 Å². The maximum absolute atomic E-state index is 6.24. The molecule has 0 amide bonds. The van der Waals surface area contributed by atoms with E-state index in [-0.39, 0.29) is 6.04 Å². The van der Waals surface area contributed by atoms with Gasteiger partial charge in [0.1, 0.15) is 0 Å². The van der Waals surface area contributed by atoms with Crippen molar-refractivity contribution in [2.75, 3.05) is 0 Å². The lowest BCUT2D eigenvalue weighted by Gasteiger charge is -2.08. The molecule has 3 heteroatoms. The van der Waals surface area contributed by atoms with E-state index in [1.165, 1.54) is 29.5 Å². The molecule has 3 N–H and O–H groups in total. The van der Waals surface area contributed by atoms with Crippen LogP contribution in [0, 0.1) is 0 Å². The second-order valence-electron chi connectivity index (χ2n) is 4.53. The van der Waals surface area contributed by atoms with E-state index in [4.69, 9.17) is 17.3 Å². The van der Waals surface area contributed by atoms with Gasteiger partial charge in [-0.15, -0.1) is 0 Å². The highest BCUT2D eigenvalue weighted by molar-refractivity contribution is 6.35. The van der Waals surface area contributed by atoms with E-state index in [0.29, 0.717) is 0 Å². The summed E-state index contributed by atoms with van der Waals surface area (Å²) in [6, 6.07) is 6.19.